The monoisotopic (exact) mass is 448 g/mol. The molecule has 1 aliphatic heterocycles. The van der Waals surface area contributed by atoms with Crippen LogP contribution in [0.1, 0.15) is 15.9 Å². The SMILES string of the molecule is Cl.NC(=O)c1cccnc1-c1ccccc1-c1cc2ccc(CN3CCNCC3)cc2o1. The summed E-state index contributed by atoms with van der Waals surface area (Å²) in [4.78, 5) is 18.8. The lowest BCUT2D eigenvalue weighted by atomic mass is 9.98. The molecule has 7 heteroatoms. The Kier molecular flexibility index (Phi) is 6.55. The minimum Gasteiger partial charge on any atom is -0.456 e. The summed E-state index contributed by atoms with van der Waals surface area (Å²) < 4.78 is 6.27. The fourth-order valence-electron chi connectivity index (χ4n) is 4.16. The molecule has 0 atom stereocenters. The van der Waals surface area contributed by atoms with Crippen LogP contribution in [0.4, 0.5) is 0 Å². The Morgan fingerprint density at radius 3 is 2.59 bits per heavy atom. The van der Waals surface area contributed by atoms with Gasteiger partial charge in [0.05, 0.1) is 11.3 Å². The summed E-state index contributed by atoms with van der Waals surface area (Å²) >= 11 is 0. The number of carbonyl (C=O) groups excluding carboxylic acids is 1. The number of hydrogen-bond donors (Lipinski definition) is 2. The highest BCUT2D eigenvalue weighted by Crippen LogP contribution is 2.36. The van der Waals surface area contributed by atoms with Gasteiger partial charge >= 0.3 is 0 Å². The number of nitrogens with zero attached hydrogens (tertiary/aromatic N) is 2. The van der Waals surface area contributed by atoms with Crippen LogP contribution in [0.15, 0.2) is 71.3 Å². The van der Waals surface area contributed by atoms with Crippen LogP contribution in [0.2, 0.25) is 0 Å². The lowest BCUT2D eigenvalue weighted by Gasteiger charge is -2.27. The number of carbonyl (C=O) groups is 1. The van der Waals surface area contributed by atoms with Gasteiger partial charge < -0.3 is 15.5 Å². The fraction of sp³-hybridized carbons (Fsp3) is 0.200. The first-order valence-corrected chi connectivity index (χ1v) is 10.5. The summed E-state index contributed by atoms with van der Waals surface area (Å²) in [5.41, 5.74) is 10.3. The smallest absolute Gasteiger partial charge is 0.250 e. The van der Waals surface area contributed by atoms with Gasteiger partial charge in [0, 0.05) is 55.4 Å². The molecule has 0 bridgehead atoms. The molecule has 6 nitrogen and oxygen atoms in total. The highest BCUT2D eigenvalue weighted by Gasteiger charge is 2.18. The number of hydrogen-bond acceptors (Lipinski definition) is 5. The number of primary amides is 1. The van der Waals surface area contributed by atoms with Gasteiger partial charge in [-0.15, -0.1) is 12.4 Å². The fourth-order valence-corrected chi connectivity index (χ4v) is 4.16. The van der Waals surface area contributed by atoms with E-state index >= 15 is 0 Å². The highest BCUT2D eigenvalue weighted by atomic mass is 35.5. The lowest BCUT2D eigenvalue weighted by Crippen LogP contribution is -2.42. The van der Waals surface area contributed by atoms with Gasteiger partial charge in [-0.1, -0.05) is 36.4 Å². The third-order valence-electron chi connectivity index (χ3n) is 5.72. The molecule has 164 valence electrons. The molecule has 5 rings (SSSR count). The molecule has 32 heavy (non-hydrogen) atoms. The Morgan fingerprint density at radius 1 is 1.03 bits per heavy atom. The maximum absolute atomic E-state index is 11.9. The van der Waals surface area contributed by atoms with Gasteiger partial charge in [-0.2, -0.15) is 0 Å². The first kappa shape index (κ1) is 22.0. The highest BCUT2D eigenvalue weighted by molar-refractivity contribution is 6.00. The lowest BCUT2D eigenvalue weighted by molar-refractivity contribution is 0.100. The van der Waals surface area contributed by atoms with Crippen molar-refractivity contribution in [2.45, 2.75) is 6.54 Å². The Morgan fingerprint density at radius 2 is 1.81 bits per heavy atom. The van der Waals surface area contributed by atoms with Crippen LogP contribution in [0, 0.1) is 0 Å². The molecule has 2 aromatic heterocycles. The number of aromatic nitrogens is 1. The maximum atomic E-state index is 11.9. The molecular formula is C25H25ClN4O2. The zero-order valence-corrected chi connectivity index (χ0v) is 18.4. The minimum atomic E-state index is -0.500. The van der Waals surface area contributed by atoms with Crippen molar-refractivity contribution in [1.82, 2.24) is 15.2 Å². The molecule has 2 aromatic carbocycles. The quantitative estimate of drug-likeness (QED) is 0.480. The van der Waals surface area contributed by atoms with Crippen molar-refractivity contribution >= 4 is 29.3 Å². The number of nitrogens with one attached hydrogen (secondary N) is 1. The van der Waals surface area contributed by atoms with E-state index in [0.29, 0.717) is 11.3 Å². The van der Waals surface area contributed by atoms with Crippen molar-refractivity contribution in [3.8, 4) is 22.6 Å². The van der Waals surface area contributed by atoms with E-state index in [9.17, 15) is 4.79 Å². The first-order chi connectivity index (χ1) is 15.2. The maximum Gasteiger partial charge on any atom is 0.250 e. The van der Waals surface area contributed by atoms with Gasteiger partial charge in [-0.25, -0.2) is 0 Å². The Balaban J connectivity index is 0.00000245. The standard InChI is InChI=1S/C25H24N4O2.ClH/c26-25(30)21-6-3-9-28-24(21)20-5-2-1-4-19(20)23-15-18-8-7-17(14-22(18)31-23)16-29-12-10-27-11-13-29;/h1-9,14-15,27H,10-13,16H2,(H2,26,30);1H. The van der Waals surface area contributed by atoms with E-state index in [1.54, 1.807) is 18.3 Å². The first-order valence-electron chi connectivity index (χ1n) is 10.5. The number of fused-ring (bicyclic) bond motifs is 1. The molecule has 1 amide bonds. The second-order valence-electron chi connectivity index (χ2n) is 7.82. The van der Waals surface area contributed by atoms with E-state index in [-0.39, 0.29) is 12.4 Å². The van der Waals surface area contributed by atoms with Crippen molar-refractivity contribution in [3.63, 3.8) is 0 Å². The normalized spacial score (nSPS) is 14.2. The summed E-state index contributed by atoms with van der Waals surface area (Å²) in [6.45, 7) is 5.10. The number of nitrogens with two attached hydrogens (primary N) is 1. The van der Waals surface area contributed by atoms with Crippen LogP contribution in [0.3, 0.4) is 0 Å². The largest absolute Gasteiger partial charge is 0.456 e. The number of amides is 1. The summed E-state index contributed by atoms with van der Waals surface area (Å²) in [6, 6.07) is 19.6. The van der Waals surface area contributed by atoms with Gasteiger partial charge in [0.1, 0.15) is 11.3 Å². The molecule has 1 saturated heterocycles. The van der Waals surface area contributed by atoms with Crippen molar-refractivity contribution < 1.29 is 9.21 Å². The molecule has 1 aliphatic rings. The van der Waals surface area contributed by atoms with Crippen LogP contribution in [0.5, 0.6) is 0 Å². The van der Waals surface area contributed by atoms with Gasteiger partial charge in [0.25, 0.3) is 5.91 Å². The number of pyridine rings is 1. The third-order valence-corrected chi connectivity index (χ3v) is 5.72. The molecule has 0 spiro atoms. The predicted octanol–water partition coefficient (Wildman–Crippen LogP) is 4.09. The van der Waals surface area contributed by atoms with Crippen molar-refractivity contribution in [2.75, 3.05) is 26.2 Å². The number of furan rings is 1. The molecule has 0 saturated carbocycles. The Hall–Kier alpha value is -3.19. The Bertz CT molecular complexity index is 1250. The van der Waals surface area contributed by atoms with Crippen LogP contribution in [-0.4, -0.2) is 42.0 Å². The van der Waals surface area contributed by atoms with Gasteiger partial charge in [-0.3, -0.25) is 14.7 Å². The van der Waals surface area contributed by atoms with Gasteiger partial charge in [0.15, 0.2) is 0 Å². The molecular weight excluding hydrogens is 424 g/mol. The molecule has 3 heterocycles. The summed E-state index contributed by atoms with van der Waals surface area (Å²) in [7, 11) is 0. The molecule has 4 aromatic rings. The molecule has 3 N–H and O–H groups in total. The average molecular weight is 449 g/mol. The van der Waals surface area contributed by atoms with Crippen LogP contribution in [-0.2, 0) is 6.54 Å². The summed E-state index contributed by atoms with van der Waals surface area (Å²) in [5, 5.41) is 4.43. The van der Waals surface area contributed by atoms with E-state index in [1.165, 1.54) is 5.56 Å². The van der Waals surface area contributed by atoms with E-state index in [0.717, 1.165) is 60.6 Å². The molecule has 0 aliphatic carbocycles. The topological polar surface area (TPSA) is 84.4 Å². The van der Waals surface area contributed by atoms with Crippen molar-refractivity contribution in [3.05, 3.63) is 78.0 Å². The van der Waals surface area contributed by atoms with E-state index in [2.05, 4.69) is 33.4 Å². The average Bonchev–Trinajstić information content (AvgIpc) is 3.23. The number of halogens is 1. The number of piperazine rings is 1. The zero-order valence-electron chi connectivity index (χ0n) is 17.6. The Labute approximate surface area is 192 Å². The van der Waals surface area contributed by atoms with Gasteiger partial charge in [0.2, 0.25) is 0 Å². The van der Waals surface area contributed by atoms with Crippen LogP contribution in [0.25, 0.3) is 33.6 Å². The zero-order chi connectivity index (χ0) is 21.2. The third kappa shape index (κ3) is 4.39. The molecule has 0 radical (unpaired) electrons. The molecule has 1 fully saturated rings. The summed E-state index contributed by atoms with van der Waals surface area (Å²) in [6.07, 6.45) is 1.67. The van der Waals surface area contributed by atoms with E-state index < -0.39 is 5.91 Å². The van der Waals surface area contributed by atoms with Crippen LogP contribution >= 0.6 is 12.4 Å². The minimum absolute atomic E-state index is 0. The predicted molar refractivity (Wildman–Crippen MR) is 129 cm³/mol. The number of benzene rings is 2. The second-order valence-corrected chi connectivity index (χ2v) is 7.82. The van der Waals surface area contributed by atoms with E-state index in [1.807, 2.05) is 30.3 Å². The van der Waals surface area contributed by atoms with Crippen molar-refractivity contribution in [1.29, 1.82) is 0 Å². The van der Waals surface area contributed by atoms with Gasteiger partial charge in [-0.05, 0) is 29.8 Å². The van der Waals surface area contributed by atoms with Crippen molar-refractivity contribution in [2.24, 2.45) is 5.73 Å². The van der Waals surface area contributed by atoms with Crippen LogP contribution < -0.4 is 11.1 Å². The molecule has 0 unspecified atom stereocenters. The second kappa shape index (κ2) is 9.53. The number of rotatable bonds is 5. The summed E-state index contributed by atoms with van der Waals surface area (Å²) in [5.74, 6) is 0.242. The van der Waals surface area contributed by atoms with E-state index in [4.69, 9.17) is 10.2 Å².